The van der Waals surface area contributed by atoms with E-state index in [2.05, 4.69) is 43.8 Å². The molecule has 0 fully saturated rings. The highest BCUT2D eigenvalue weighted by molar-refractivity contribution is 5.59. The van der Waals surface area contributed by atoms with Crippen molar-refractivity contribution in [3.8, 4) is 6.07 Å². The third-order valence-electron chi connectivity index (χ3n) is 1.98. The standard InChI is InChI=1S/C12H16N/c1-5-6-13-12-10(3)7-9(2)8-11(12)4/h7-8H,5H2,1-4H3/q+1. The fraction of sp³-hybridized carbons (Fsp3) is 0.417. The van der Waals surface area contributed by atoms with Crippen molar-refractivity contribution in [2.45, 2.75) is 34.1 Å². The average molecular weight is 174 g/mol. The van der Waals surface area contributed by atoms with Crippen LogP contribution < -0.4 is 0 Å². The highest BCUT2D eigenvalue weighted by atomic mass is 14.7. The van der Waals surface area contributed by atoms with Gasteiger partial charge in [-0.1, -0.05) is 5.56 Å². The summed E-state index contributed by atoms with van der Waals surface area (Å²) >= 11 is 0. The number of benzene rings is 1. The summed E-state index contributed by atoms with van der Waals surface area (Å²) in [4.78, 5) is 4.31. The Balaban J connectivity index is 3.21. The number of hydrogen-bond acceptors (Lipinski definition) is 0. The summed E-state index contributed by atoms with van der Waals surface area (Å²) in [6.45, 7) is 8.34. The molecular weight excluding hydrogens is 158 g/mol. The molecule has 1 heteroatoms. The minimum absolute atomic E-state index is 0.868. The molecule has 0 N–H and O–H groups in total. The van der Waals surface area contributed by atoms with Gasteiger partial charge in [-0.25, -0.2) is 0 Å². The smallest absolute Gasteiger partial charge is 0.0500 e. The van der Waals surface area contributed by atoms with E-state index in [0.29, 0.717) is 0 Å². The quantitative estimate of drug-likeness (QED) is 0.560. The number of aryl methyl sites for hydroxylation is 3. The van der Waals surface area contributed by atoms with Gasteiger partial charge in [0, 0.05) is 11.1 Å². The van der Waals surface area contributed by atoms with E-state index in [0.717, 1.165) is 12.1 Å². The molecule has 1 rings (SSSR count). The fourth-order valence-electron chi connectivity index (χ4n) is 1.51. The first kappa shape index (κ1) is 9.80. The molecule has 0 heterocycles. The molecule has 0 radical (unpaired) electrons. The molecule has 0 unspecified atom stereocenters. The van der Waals surface area contributed by atoms with Crippen LogP contribution in [0.25, 0.3) is 4.85 Å². The van der Waals surface area contributed by atoms with Crippen LogP contribution >= 0.6 is 0 Å². The van der Waals surface area contributed by atoms with E-state index in [1.54, 1.807) is 0 Å². The first-order valence-electron chi connectivity index (χ1n) is 4.66. The van der Waals surface area contributed by atoms with Crippen LogP contribution in [0.1, 0.15) is 30.0 Å². The second-order valence-electron chi connectivity index (χ2n) is 3.37. The molecule has 0 aliphatic carbocycles. The van der Waals surface area contributed by atoms with Gasteiger partial charge < -0.3 is 0 Å². The van der Waals surface area contributed by atoms with E-state index >= 15 is 0 Å². The van der Waals surface area contributed by atoms with Crippen molar-refractivity contribution in [3.05, 3.63) is 33.7 Å². The lowest BCUT2D eigenvalue weighted by Crippen LogP contribution is -1.81. The van der Waals surface area contributed by atoms with E-state index < -0.39 is 0 Å². The van der Waals surface area contributed by atoms with Crippen molar-refractivity contribution in [2.75, 3.05) is 0 Å². The van der Waals surface area contributed by atoms with E-state index in [1.807, 2.05) is 6.92 Å². The zero-order valence-corrected chi connectivity index (χ0v) is 8.81. The van der Waals surface area contributed by atoms with Gasteiger partial charge >= 0.3 is 5.69 Å². The van der Waals surface area contributed by atoms with Gasteiger partial charge in [0.05, 0.1) is 6.42 Å². The van der Waals surface area contributed by atoms with Crippen LogP contribution in [-0.4, -0.2) is 0 Å². The molecule has 1 aromatic rings. The van der Waals surface area contributed by atoms with Crippen molar-refractivity contribution in [2.24, 2.45) is 0 Å². The van der Waals surface area contributed by atoms with Gasteiger partial charge in [-0.3, -0.25) is 0 Å². The molecular formula is C12H16N+. The Hall–Kier alpha value is -1.29. The molecule has 68 valence electrons. The topological polar surface area (TPSA) is 4.36 Å². The molecule has 1 aromatic carbocycles. The van der Waals surface area contributed by atoms with Gasteiger partial charge in [-0.15, -0.1) is 0 Å². The highest BCUT2D eigenvalue weighted by Crippen LogP contribution is 2.24. The van der Waals surface area contributed by atoms with Crippen LogP contribution in [0.3, 0.4) is 0 Å². The molecule has 0 aromatic heterocycles. The second kappa shape index (κ2) is 4.09. The predicted octanol–water partition coefficient (Wildman–Crippen LogP) is 3.99. The van der Waals surface area contributed by atoms with E-state index in [9.17, 15) is 0 Å². The number of rotatable bonds is 0. The van der Waals surface area contributed by atoms with Gasteiger partial charge in [0.25, 0.3) is 6.07 Å². The highest BCUT2D eigenvalue weighted by Gasteiger charge is 2.11. The Morgan fingerprint density at radius 2 is 1.69 bits per heavy atom. The Kier molecular flexibility index (Phi) is 3.08. The lowest BCUT2D eigenvalue weighted by Gasteiger charge is -1.96. The lowest BCUT2D eigenvalue weighted by molar-refractivity contribution is 1.27. The van der Waals surface area contributed by atoms with Crippen molar-refractivity contribution >= 4 is 5.69 Å². The third-order valence-corrected chi connectivity index (χ3v) is 1.98. The van der Waals surface area contributed by atoms with E-state index in [1.165, 1.54) is 16.7 Å². The third kappa shape index (κ3) is 2.32. The van der Waals surface area contributed by atoms with Crippen LogP contribution in [0.5, 0.6) is 0 Å². The zero-order valence-electron chi connectivity index (χ0n) is 8.81. The molecule has 0 amide bonds. The van der Waals surface area contributed by atoms with E-state index in [4.69, 9.17) is 0 Å². The molecule has 1 nitrogen and oxygen atoms in total. The molecule has 0 aliphatic heterocycles. The Morgan fingerprint density at radius 3 is 2.15 bits per heavy atom. The molecule has 0 aliphatic rings. The Bertz CT molecular complexity index is 343. The SMILES string of the molecule is CCC#[N+]c1c(C)cc(C)cc1C. The summed E-state index contributed by atoms with van der Waals surface area (Å²) in [5, 5.41) is 0. The summed E-state index contributed by atoms with van der Waals surface area (Å²) in [5.41, 5.74) is 4.84. The summed E-state index contributed by atoms with van der Waals surface area (Å²) < 4.78 is 0. The largest absolute Gasteiger partial charge is 0.345 e. The molecule has 0 atom stereocenters. The van der Waals surface area contributed by atoms with Gasteiger partial charge in [-0.05, 0) is 44.7 Å². The summed E-state index contributed by atoms with van der Waals surface area (Å²) in [5.74, 6) is 0. The second-order valence-corrected chi connectivity index (χ2v) is 3.37. The normalized spacial score (nSPS) is 9.23. The van der Waals surface area contributed by atoms with Crippen molar-refractivity contribution in [1.29, 1.82) is 0 Å². The maximum absolute atomic E-state index is 4.31. The van der Waals surface area contributed by atoms with Gasteiger partial charge in [0.15, 0.2) is 0 Å². The molecule has 0 saturated carbocycles. The predicted molar refractivity (Wildman–Crippen MR) is 57.9 cm³/mol. The van der Waals surface area contributed by atoms with Gasteiger partial charge in [0.1, 0.15) is 0 Å². The summed E-state index contributed by atoms with van der Waals surface area (Å²) in [7, 11) is 0. The summed E-state index contributed by atoms with van der Waals surface area (Å²) in [6, 6.07) is 7.30. The van der Waals surface area contributed by atoms with Crippen LogP contribution in [0.15, 0.2) is 12.1 Å². The zero-order chi connectivity index (χ0) is 9.84. The minimum Gasteiger partial charge on any atom is -0.0500 e. The van der Waals surface area contributed by atoms with Crippen molar-refractivity contribution < 1.29 is 0 Å². The first-order valence-corrected chi connectivity index (χ1v) is 4.66. The van der Waals surface area contributed by atoms with Gasteiger partial charge in [-0.2, -0.15) is 0 Å². The number of nitrogens with zero attached hydrogens (tertiary/aromatic N) is 1. The molecule has 0 bridgehead atoms. The molecule has 0 spiro atoms. The average Bonchev–Trinajstić information content (AvgIpc) is 2.02. The van der Waals surface area contributed by atoms with Crippen molar-refractivity contribution in [1.82, 2.24) is 0 Å². The maximum atomic E-state index is 4.31. The lowest BCUT2D eigenvalue weighted by atomic mass is 10.1. The molecule has 13 heavy (non-hydrogen) atoms. The minimum atomic E-state index is 0.868. The van der Waals surface area contributed by atoms with Crippen LogP contribution in [0, 0.1) is 26.8 Å². The Labute approximate surface area is 80.2 Å². The summed E-state index contributed by atoms with van der Waals surface area (Å²) in [6.07, 6.45) is 0.868. The maximum Gasteiger partial charge on any atom is 0.345 e. The fourth-order valence-corrected chi connectivity index (χ4v) is 1.51. The van der Waals surface area contributed by atoms with Crippen LogP contribution in [0.4, 0.5) is 5.69 Å². The van der Waals surface area contributed by atoms with Crippen molar-refractivity contribution in [3.63, 3.8) is 0 Å². The van der Waals surface area contributed by atoms with Gasteiger partial charge in [0.2, 0.25) is 0 Å². The van der Waals surface area contributed by atoms with Crippen LogP contribution in [0.2, 0.25) is 0 Å². The number of hydrogen-bond donors (Lipinski definition) is 0. The Morgan fingerprint density at radius 1 is 1.15 bits per heavy atom. The van der Waals surface area contributed by atoms with Crippen LogP contribution in [-0.2, 0) is 0 Å². The monoisotopic (exact) mass is 174 g/mol. The van der Waals surface area contributed by atoms with E-state index in [-0.39, 0.29) is 0 Å². The first-order chi connectivity index (χ1) is 6.15. The molecule has 0 saturated heterocycles.